The predicted molar refractivity (Wildman–Crippen MR) is 65.4 cm³/mol. The fourth-order valence-electron chi connectivity index (χ4n) is 1.25. The number of carboxylic acids is 1. The van der Waals surface area contributed by atoms with E-state index in [9.17, 15) is 9.59 Å². The standard InChI is InChI=1S/C11H8N2O4S/c14-9(15)2-1-7-4-6-18-10(7)11(16)12-8-3-5-17-13-8/h1-6H,(H,14,15)(H,12,13,16). The van der Waals surface area contributed by atoms with E-state index in [1.807, 2.05) is 0 Å². The Bertz CT molecular complexity index is 586. The van der Waals surface area contributed by atoms with Gasteiger partial charge in [-0.2, -0.15) is 0 Å². The Morgan fingerprint density at radius 2 is 2.28 bits per heavy atom. The number of hydrogen-bond acceptors (Lipinski definition) is 5. The maximum Gasteiger partial charge on any atom is 0.328 e. The molecule has 0 bridgehead atoms. The maximum absolute atomic E-state index is 11.9. The van der Waals surface area contributed by atoms with Crippen molar-refractivity contribution < 1.29 is 19.2 Å². The minimum absolute atomic E-state index is 0.307. The van der Waals surface area contributed by atoms with Crippen molar-refractivity contribution in [3.05, 3.63) is 40.3 Å². The molecule has 0 aliphatic rings. The van der Waals surface area contributed by atoms with Crippen LogP contribution in [0.2, 0.25) is 0 Å². The van der Waals surface area contributed by atoms with Crippen LogP contribution >= 0.6 is 11.3 Å². The van der Waals surface area contributed by atoms with Crippen LogP contribution in [0, 0.1) is 0 Å². The second-order valence-electron chi connectivity index (χ2n) is 3.22. The lowest BCUT2D eigenvalue weighted by atomic mass is 10.2. The van der Waals surface area contributed by atoms with Crippen LogP contribution in [0.3, 0.4) is 0 Å². The normalized spacial score (nSPS) is 10.7. The summed E-state index contributed by atoms with van der Waals surface area (Å²) >= 11 is 1.22. The van der Waals surface area contributed by atoms with Gasteiger partial charge >= 0.3 is 5.97 Å². The summed E-state index contributed by atoms with van der Waals surface area (Å²) in [6.07, 6.45) is 3.70. The zero-order valence-electron chi connectivity index (χ0n) is 8.99. The molecule has 0 atom stereocenters. The molecule has 7 heteroatoms. The number of anilines is 1. The number of aromatic nitrogens is 1. The number of hydrogen-bond donors (Lipinski definition) is 2. The Labute approximate surface area is 106 Å². The molecule has 0 aliphatic carbocycles. The van der Waals surface area contributed by atoms with Crippen molar-refractivity contribution in [3.63, 3.8) is 0 Å². The third kappa shape index (κ3) is 2.83. The van der Waals surface area contributed by atoms with Crippen LogP contribution in [-0.4, -0.2) is 22.1 Å². The molecular formula is C11H8N2O4S. The number of carboxylic acid groups (broad SMARTS) is 1. The minimum atomic E-state index is -1.07. The lowest BCUT2D eigenvalue weighted by molar-refractivity contribution is -0.131. The predicted octanol–water partition coefficient (Wildman–Crippen LogP) is 2.09. The van der Waals surface area contributed by atoms with Gasteiger partial charge in [-0.05, 0) is 23.1 Å². The largest absolute Gasteiger partial charge is 0.478 e. The Morgan fingerprint density at radius 3 is 2.94 bits per heavy atom. The smallest absolute Gasteiger partial charge is 0.328 e. The van der Waals surface area contributed by atoms with Crippen molar-refractivity contribution in [2.75, 3.05) is 5.32 Å². The fraction of sp³-hybridized carbons (Fsp3) is 0. The highest BCUT2D eigenvalue weighted by Gasteiger charge is 2.13. The first-order valence-electron chi connectivity index (χ1n) is 4.87. The summed E-state index contributed by atoms with van der Waals surface area (Å²) in [5.74, 6) is -1.12. The van der Waals surface area contributed by atoms with Crippen molar-refractivity contribution >= 4 is 35.1 Å². The topological polar surface area (TPSA) is 92.4 Å². The number of nitrogens with one attached hydrogen (secondary N) is 1. The second-order valence-corrected chi connectivity index (χ2v) is 4.13. The van der Waals surface area contributed by atoms with E-state index >= 15 is 0 Å². The van der Waals surface area contributed by atoms with Crippen LogP contribution in [0.1, 0.15) is 15.2 Å². The van der Waals surface area contributed by atoms with E-state index in [-0.39, 0.29) is 5.91 Å². The SMILES string of the molecule is O=C(O)C=Cc1ccsc1C(=O)Nc1ccon1. The molecule has 6 nitrogen and oxygen atoms in total. The first kappa shape index (κ1) is 12.1. The Morgan fingerprint density at radius 1 is 1.44 bits per heavy atom. The third-order valence-electron chi connectivity index (χ3n) is 1.99. The van der Waals surface area contributed by atoms with Gasteiger partial charge < -0.3 is 14.9 Å². The van der Waals surface area contributed by atoms with Crippen LogP contribution in [-0.2, 0) is 4.79 Å². The average Bonchev–Trinajstić information content (AvgIpc) is 2.96. The molecule has 0 radical (unpaired) electrons. The monoisotopic (exact) mass is 264 g/mol. The van der Waals surface area contributed by atoms with Gasteiger partial charge in [-0.3, -0.25) is 4.79 Å². The number of nitrogens with zero attached hydrogens (tertiary/aromatic N) is 1. The Hall–Kier alpha value is -2.41. The number of amides is 1. The van der Waals surface area contributed by atoms with Crippen LogP contribution in [0.25, 0.3) is 6.08 Å². The molecule has 18 heavy (non-hydrogen) atoms. The summed E-state index contributed by atoms with van der Waals surface area (Å²) < 4.78 is 4.59. The van der Waals surface area contributed by atoms with E-state index in [1.165, 1.54) is 29.7 Å². The van der Waals surface area contributed by atoms with Crippen molar-refractivity contribution in [1.29, 1.82) is 0 Å². The Balaban J connectivity index is 2.16. The molecule has 0 saturated heterocycles. The van der Waals surface area contributed by atoms with Gasteiger partial charge in [0.2, 0.25) is 0 Å². The zero-order valence-corrected chi connectivity index (χ0v) is 9.81. The molecular weight excluding hydrogens is 256 g/mol. The van der Waals surface area contributed by atoms with Crippen molar-refractivity contribution in [3.8, 4) is 0 Å². The highest BCUT2D eigenvalue weighted by molar-refractivity contribution is 7.12. The Kier molecular flexibility index (Phi) is 3.54. The first-order chi connectivity index (χ1) is 8.66. The van der Waals surface area contributed by atoms with Gasteiger partial charge in [0.05, 0.1) is 4.88 Å². The molecule has 1 amide bonds. The molecule has 2 heterocycles. The second kappa shape index (κ2) is 5.28. The molecule has 0 fully saturated rings. The van der Waals surface area contributed by atoms with Crippen molar-refractivity contribution in [2.24, 2.45) is 0 Å². The van der Waals surface area contributed by atoms with E-state index in [2.05, 4.69) is 15.0 Å². The average molecular weight is 264 g/mol. The van der Waals surface area contributed by atoms with Crippen LogP contribution < -0.4 is 5.32 Å². The molecule has 92 valence electrons. The molecule has 0 unspecified atom stereocenters. The highest BCUT2D eigenvalue weighted by Crippen LogP contribution is 2.19. The number of rotatable bonds is 4. The molecule has 2 rings (SSSR count). The lowest BCUT2D eigenvalue weighted by Gasteiger charge is -1.99. The summed E-state index contributed by atoms with van der Waals surface area (Å²) in [7, 11) is 0. The molecule has 2 aromatic rings. The molecule has 0 aliphatic heterocycles. The molecule has 0 spiro atoms. The van der Waals surface area contributed by atoms with Gasteiger partial charge in [0.15, 0.2) is 5.82 Å². The van der Waals surface area contributed by atoms with E-state index in [4.69, 9.17) is 5.11 Å². The summed E-state index contributed by atoms with van der Waals surface area (Å²) in [4.78, 5) is 22.7. The quantitative estimate of drug-likeness (QED) is 0.825. The number of carbonyl (C=O) groups excluding carboxylic acids is 1. The third-order valence-corrected chi connectivity index (χ3v) is 2.92. The van der Waals surface area contributed by atoms with E-state index in [0.717, 1.165) is 6.08 Å². The molecule has 2 aromatic heterocycles. The van der Waals surface area contributed by atoms with Gasteiger partial charge in [-0.25, -0.2) is 4.79 Å². The van der Waals surface area contributed by atoms with Crippen LogP contribution in [0.4, 0.5) is 5.82 Å². The van der Waals surface area contributed by atoms with Crippen molar-refractivity contribution in [1.82, 2.24) is 5.16 Å². The van der Waals surface area contributed by atoms with E-state index < -0.39 is 5.97 Å². The van der Waals surface area contributed by atoms with Gasteiger partial charge in [-0.15, -0.1) is 11.3 Å². The zero-order chi connectivity index (χ0) is 13.0. The van der Waals surface area contributed by atoms with Crippen molar-refractivity contribution in [2.45, 2.75) is 0 Å². The van der Waals surface area contributed by atoms with Gasteiger partial charge in [-0.1, -0.05) is 5.16 Å². The lowest BCUT2D eigenvalue weighted by Crippen LogP contribution is -2.11. The summed E-state index contributed by atoms with van der Waals surface area (Å²) in [5.41, 5.74) is 0.545. The minimum Gasteiger partial charge on any atom is -0.478 e. The maximum atomic E-state index is 11.9. The summed E-state index contributed by atoms with van der Waals surface area (Å²) in [6.45, 7) is 0. The number of aliphatic carboxylic acids is 1. The highest BCUT2D eigenvalue weighted by atomic mass is 32.1. The van der Waals surface area contributed by atoms with E-state index in [0.29, 0.717) is 16.3 Å². The van der Waals surface area contributed by atoms with Gasteiger partial charge in [0.1, 0.15) is 6.26 Å². The van der Waals surface area contributed by atoms with Crippen LogP contribution in [0.15, 0.2) is 34.4 Å². The van der Waals surface area contributed by atoms with Gasteiger partial charge in [0, 0.05) is 12.1 Å². The molecule has 0 aromatic carbocycles. The van der Waals surface area contributed by atoms with Crippen LogP contribution in [0.5, 0.6) is 0 Å². The molecule has 2 N–H and O–H groups in total. The number of carbonyl (C=O) groups is 2. The van der Waals surface area contributed by atoms with E-state index in [1.54, 1.807) is 11.4 Å². The number of thiophene rings is 1. The first-order valence-corrected chi connectivity index (χ1v) is 5.75. The van der Waals surface area contributed by atoms with Gasteiger partial charge in [0.25, 0.3) is 5.91 Å². The fourth-order valence-corrected chi connectivity index (χ4v) is 2.03. The summed E-state index contributed by atoms with van der Waals surface area (Å²) in [5, 5.41) is 16.3. The summed E-state index contributed by atoms with van der Waals surface area (Å²) in [6, 6.07) is 3.18. The molecule has 0 saturated carbocycles.